The van der Waals surface area contributed by atoms with E-state index >= 15 is 0 Å². The molecular weight excluding hydrogens is 252 g/mol. The average Bonchev–Trinajstić information content (AvgIpc) is 2.37. The minimum Gasteiger partial charge on any atom is -0.479 e. The third-order valence-corrected chi connectivity index (χ3v) is 2.97. The second-order valence-corrected chi connectivity index (χ2v) is 4.93. The van der Waals surface area contributed by atoms with E-state index in [1.807, 2.05) is 13.8 Å². The fourth-order valence-corrected chi connectivity index (χ4v) is 2.01. The fourth-order valence-electron chi connectivity index (χ4n) is 2.01. The summed E-state index contributed by atoms with van der Waals surface area (Å²) in [6.07, 6.45) is 1.43. The van der Waals surface area contributed by atoms with Crippen LogP contribution >= 0.6 is 0 Å². The first-order valence-corrected chi connectivity index (χ1v) is 6.34. The Morgan fingerprint density at radius 2 is 2.11 bits per heavy atom. The molecule has 1 saturated heterocycles. The van der Waals surface area contributed by atoms with Crippen molar-refractivity contribution in [1.82, 2.24) is 10.4 Å². The van der Waals surface area contributed by atoms with Crippen LogP contribution in [0.2, 0.25) is 0 Å². The number of hydroxylamine groups is 1. The Labute approximate surface area is 111 Å². The van der Waals surface area contributed by atoms with Crippen LogP contribution in [0, 0.1) is 11.8 Å². The van der Waals surface area contributed by atoms with Gasteiger partial charge in [-0.25, -0.2) is 10.3 Å². The standard InChI is InChI=1S/C12H20N2O5/c1-8(2)12(18)14-5-3-4-9(6-14)11(17)13-19-7-10(15)16/h8-9H,3-7H2,1-2H3,(H,13,17)(H,15,16). The van der Waals surface area contributed by atoms with Gasteiger partial charge < -0.3 is 10.0 Å². The van der Waals surface area contributed by atoms with Gasteiger partial charge in [0.25, 0.3) is 0 Å². The normalized spacial score (nSPS) is 19.3. The predicted octanol–water partition coefficient (Wildman–Crippen LogP) is 0.0134. The second kappa shape index (κ2) is 7.08. The maximum Gasteiger partial charge on any atom is 0.332 e. The molecule has 1 aliphatic heterocycles. The summed E-state index contributed by atoms with van der Waals surface area (Å²) in [4.78, 5) is 40.1. The van der Waals surface area contributed by atoms with Gasteiger partial charge >= 0.3 is 5.97 Å². The molecule has 2 amide bonds. The molecule has 0 aromatic carbocycles. The molecule has 1 atom stereocenters. The Balaban J connectivity index is 2.43. The van der Waals surface area contributed by atoms with Crippen LogP contribution in [0.5, 0.6) is 0 Å². The Kier molecular flexibility index (Phi) is 5.75. The fraction of sp³-hybridized carbons (Fsp3) is 0.750. The number of carbonyl (C=O) groups is 3. The van der Waals surface area contributed by atoms with Crippen LogP contribution in [0.25, 0.3) is 0 Å². The topological polar surface area (TPSA) is 95.9 Å². The van der Waals surface area contributed by atoms with Crippen molar-refractivity contribution < 1.29 is 24.3 Å². The quantitative estimate of drug-likeness (QED) is 0.687. The van der Waals surface area contributed by atoms with E-state index in [1.165, 1.54) is 0 Å². The van der Waals surface area contributed by atoms with E-state index < -0.39 is 12.6 Å². The summed E-state index contributed by atoms with van der Waals surface area (Å²) in [5.74, 6) is -1.93. The molecule has 0 aliphatic carbocycles. The van der Waals surface area contributed by atoms with E-state index in [-0.39, 0.29) is 23.7 Å². The van der Waals surface area contributed by atoms with Crippen molar-refractivity contribution in [3.05, 3.63) is 0 Å². The maximum atomic E-state index is 11.9. The van der Waals surface area contributed by atoms with Crippen LogP contribution in [-0.4, -0.2) is 47.5 Å². The molecule has 7 nitrogen and oxygen atoms in total. The summed E-state index contributed by atoms with van der Waals surface area (Å²) < 4.78 is 0. The SMILES string of the molecule is CC(C)C(=O)N1CCCC(C(=O)NOCC(=O)O)C1. The molecule has 0 aromatic heterocycles. The van der Waals surface area contributed by atoms with E-state index in [0.717, 1.165) is 6.42 Å². The number of nitrogens with one attached hydrogen (secondary N) is 1. The molecule has 7 heteroatoms. The summed E-state index contributed by atoms with van der Waals surface area (Å²) in [6, 6.07) is 0. The lowest BCUT2D eigenvalue weighted by Gasteiger charge is -2.32. The van der Waals surface area contributed by atoms with Gasteiger partial charge in [0.1, 0.15) is 0 Å². The Morgan fingerprint density at radius 3 is 2.68 bits per heavy atom. The van der Waals surface area contributed by atoms with E-state index in [9.17, 15) is 14.4 Å². The largest absolute Gasteiger partial charge is 0.479 e. The van der Waals surface area contributed by atoms with Crippen molar-refractivity contribution in [2.45, 2.75) is 26.7 Å². The molecule has 19 heavy (non-hydrogen) atoms. The second-order valence-electron chi connectivity index (χ2n) is 4.93. The van der Waals surface area contributed by atoms with Gasteiger partial charge in [-0.3, -0.25) is 14.4 Å². The number of carboxylic acid groups (broad SMARTS) is 1. The number of hydrogen-bond donors (Lipinski definition) is 2. The average molecular weight is 272 g/mol. The van der Waals surface area contributed by atoms with Gasteiger partial charge in [0.15, 0.2) is 6.61 Å². The van der Waals surface area contributed by atoms with Gasteiger partial charge in [-0.1, -0.05) is 13.8 Å². The molecule has 0 aromatic rings. The molecule has 0 radical (unpaired) electrons. The van der Waals surface area contributed by atoms with Gasteiger partial charge in [0, 0.05) is 19.0 Å². The summed E-state index contributed by atoms with van der Waals surface area (Å²) >= 11 is 0. The molecule has 1 unspecified atom stereocenters. The molecular formula is C12H20N2O5. The molecule has 1 heterocycles. The molecule has 1 rings (SSSR count). The lowest BCUT2D eigenvalue weighted by Crippen LogP contribution is -2.46. The van der Waals surface area contributed by atoms with Crippen molar-refractivity contribution in [1.29, 1.82) is 0 Å². The highest BCUT2D eigenvalue weighted by Crippen LogP contribution is 2.18. The molecule has 1 fully saturated rings. The summed E-state index contributed by atoms with van der Waals surface area (Å²) in [5, 5.41) is 8.38. The van der Waals surface area contributed by atoms with Crippen molar-refractivity contribution in [3.8, 4) is 0 Å². The van der Waals surface area contributed by atoms with Crippen molar-refractivity contribution in [3.63, 3.8) is 0 Å². The lowest BCUT2D eigenvalue weighted by molar-refractivity contribution is -0.151. The van der Waals surface area contributed by atoms with Gasteiger partial charge in [0.2, 0.25) is 11.8 Å². The van der Waals surface area contributed by atoms with Crippen LogP contribution in [0.4, 0.5) is 0 Å². The summed E-state index contributed by atoms with van der Waals surface area (Å²) in [5.41, 5.74) is 2.11. The van der Waals surface area contributed by atoms with Crippen molar-refractivity contribution in [2.75, 3.05) is 19.7 Å². The maximum absolute atomic E-state index is 11.9. The first kappa shape index (κ1) is 15.4. The first-order chi connectivity index (χ1) is 8.91. The van der Waals surface area contributed by atoms with Gasteiger partial charge in [-0.05, 0) is 12.8 Å². The highest BCUT2D eigenvalue weighted by Gasteiger charge is 2.29. The molecule has 0 bridgehead atoms. The van der Waals surface area contributed by atoms with E-state index in [2.05, 4.69) is 10.3 Å². The number of amides is 2. The van der Waals surface area contributed by atoms with Crippen LogP contribution < -0.4 is 5.48 Å². The summed E-state index contributed by atoms with van der Waals surface area (Å²) in [7, 11) is 0. The zero-order valence-electron chi connectivity index (χ0n) is 11.2. The lowest BCUT2D eigenvalue weighted by atomic mass is 9.96. The number of hydrogen-bond acceptors (Lipinski definition) is 4. The van der Waals surface area contributed by atoms with Gasteiger partial charge in [-0.2, -0.15) is 0 Å². The molecule has 108 valence electrons. The molecule has 1 aliphatic rings. The Bertz CT molecular complexity index is 356. The number of carboxylic acids is 1. The highest BCUT2D eigenvalue weighted by molar-refractivity contribution is 5.81. The van der Waals surface area contributed by atoms with Crippen LogP contribution in [0.3, 0.4) is 0 Å². The number of piperidine rings is 1. The van der Waals surface area contributed by atoms with Crippen LogP contribution in [0.1, 0.15) is 26.7 Å². The highest BCUT2D eigenvalue weighted by atomic mass is 16.7. The predicted molar refractivity (Wildman–Crippen MR) is 65.9 cm³/mol. The Morgan fingerprint density at radius 1 is 1.42 bits per heavy atom. The van der Waals surface area contributed by atoms with Crippen LogP contribution in [-0.2, 0) is 19.2 Å². The van der Waals surface area contributed by atoms with Crippen molar-refractivity contribution >= 4 is 17.8 Å². The zero-order valence-corrected chi connectivity index (χ0v) is 11.2. The first-order valence-electron chi connectivity index (χ1n) is 6.34. The monoisotopic (exact) mass is 272 g/mol. The molecule has 0 saturated carbocycles. The van der Waals surface area contributed by atoms with E-state index in [4.69, 9.17) is 5.11 Å². The number of carbonyl (C=O) groups excluding carboxylic acids is 2. The van der Waals surface area contributed by atoms with E-state index in [0.29, 0.717) is 19.5 Å². The minimum atomic E-state index is -1.15. The number of aliphatic carboxylic acids is 1. The minimum absolute atomic E-state index is 0.0314. The smallest absolute Gasteiger partial charge is 0.332 e. The zero-order chi connectivity index (χ0) is 14.4. The van der Waals surface area contributed by atoms with Crippen LogP contribution in [0.15, 0.2) is 0 Å². The van der Waals surface area contributed by atoms with Gasteiger partial charge in [0.05, 0.1) is 5.92 Å². The van der Waals surface area contributed by atoms with Crippen molar-refractivity contribution in [2.24, 2.45) is 11.8 Å². The Hall–Kier alpha value is -1.63. The third-order valence-electron chi connectivity index (χ3n) is 2.97. The number of rotatable bonds is 5. The van der Waals surface area contributed by atoms with E-state index in [1.54, 1.807) is 4.90 Å². The number of likely N-dealkylation sites (tertiary alicyclic amines) is 1. The third kappa shape index (κ3) is 4.86. The molecule has 0 spiro atoms. The van der Waals surface area contributed by atoms with Gasteiger partial charge in [-0.15, -0.1) is 0 Å². The number of nitrogens with zero attached hydrogens (tertiary/aromatic N) is 1. The summed E-state index contributed by atoms with van der Waals surface area (Å²) in [6.45, 7) is 4.09. The molecule has 2 N–H and O–H groups in total.